The van der Waals surface area contributed by atoms with Gasteiger partial charge in [-0.2, -0.15) is 0 Å². The van der Waals surface area contributed by atoms with E-state index in [1.165, 1.54) is 0 Å². The molecule has 1 N–H and O–H groups in total. The van der Waals surface area contributed by atoms with Crippen molar-refractivity contribution in [1.29, 1.82) is 0 Å². The van der Waals surface area contributed by atoms with Gasteiger partial charge in [-0.25, -0.2) is 0 Å². The monoisotopic (exact) mass is 330 g/mol. The minimum absolute atomic E-state index is 0.222. The topological polar surface area (TPSA) is 37.3 Å². The van der Waals surface area contributed by atoms with Crippen molar-refractivity contribution >= 4 is 5.97 Å². The maximum absolute atomic E-state index is 9.37. The van der Waals surface area contributed by atoms with Crippen LogP contribution in [0.2, 0.25) is 0 Å². The molecule has 0 aliphatic carbocycles. The van der Waals surface area contributed by atoms with E-state index in [2.05, 4.69) is 74.3 Å². The van der Waals surface area contributed by atoms with E-state index in [1.54, 1.807) is 6.92 Å². The highest BCUT2D eigenvalue weighted by molar-refractivity contribution is 5.66. The van der Waals surface area contributed by atoms with Crippen molar-refractivity contribution in [3.05, 3.63) is 73.4 Å². The van der Waals surface area contributed by atoms with Gasteiger partial charge >= 0.3 is 5.97 Å². The third-order valence-corrected chi connectivity index (χ3v) is 2.76. The number of carboxylic acid groups (broad SMARTS) is 1. The van der Waals surface area contributed by atoms with E-state index >= 15 is 0 Å². The molecule has 0 rings (SSSR count). The van der Waals surface area contributed by atoms with Crippen LogP contribution in [0.1, 0.15) is 58.8 Å². The Hall–Kier alpha value is -2.09. The highest BCUT2D eigenvalue weighted by atomic mass is 16.4. The van der Waals surface area contributed by atoms with Crippen LogP contribution in [0, 0.1) is 0 Å². The Labute approximate surface area is 148 Å². The maximum atomic E-state index is 9.37. The molecule has 0 unspecified atom stereocenters. The van der Waals surface area contributed by atoms with Gasteiger partial charge in [0, 0.05) is 6.42 Å². The van der Waals surface area contributed by atoms with Crippen molar-refractivity contribution in [2.45, 2.75) is 58.8 Å². The molecule has 0 saturated carbocycles. The number of hydrogen-bond acceptors (Lipinski definition) is 1. The van der Waals surface area contributed by atoms with E-state index in [-0.39, 0.29) is 6.42 Å². The summed E-state index contributed by atoms with van der Waals surface area (Å²) in [7, 11) is 0. The molecule has 0 saturated heterocycles. The Morgan fingerprint density at radius 3 is 1.25 bits per heavy atom. The van der Waals surface area contributed by atoms with Gasteiger partial charge in [0.15, 0.2) is 0 Å². The summed E-state index contributed by atoms with van der Waals surface area (Å²) in [4.78, 5) is 9.37. The Morgan fingerprint density at radius 2 is 1.00 bits per heavy atom. The molecule has 0 aliphatic heterocycles. The molecule has 0 heterocycles. The first-order valence-corrected chi connectivity index (χ1v) is 8.76. The zero-order valence-electron chi connectivity index (χ0n) is 15.4. The molecular formula is C22H34O2. The molecule has 0 radical (unpaired) electrons. The lowest BCUT2D eigenvalue weighted by Gasteiger charge is -1.85. The summed E-state index contributed by atoms with van der Waals surface area (Å²) in [5.41, 5.74) is 0. The van der Waals surface area contributed by atoms with Crippen molar-refractivity contribution in [1.82, 2.24) is 0 Å². The molecule has 0 amide bonds. The lowest BCUT2D eigenvalue weighted by Crippen LogP contribution is -1.86. The molecule has 0 spiro atoms. The van der Waals surface area contributed by atoms with Crippen LogP contribution in [0.5, 0.6) is 0 Å². The van der Waals surface area contributed by atoms with Crippen molar-refractivity contribution in [2.75, 3.05) is 0 Å². The largest absolute Gasteiger partial charge is 0.481 e. The molecule has 2 heteroatoms. The summed E-state index contributed by atoms with van der Waals surface area (Å²) in [5, 5.41) is 7.72. The normalized spacial score (nSPS) is 11.8. The molecule has 0 aromatic rings. The molecule has 24 heavy (non-hydrogen) atoms. The van der Waals surface area contributed by atoms with Gasteiger partial charge in [-0.1, -0.05) is 80.7 Å². The van der Waals surface area contributed by atoms with Crippen molar-refractivity contribution < 1.29 is 9.90 Å². The molecular weight excluding hydrogens is 296 g/mol. The smallest absolute Gasteiger partial charge is 0.303 e. The lowest BCUT2D eigenvalue weighted by atomic mass is 10.2. The van der Waals surface area contributed by atoms with Crippen LogP contribution >= 0.6 is 0 Å². The summed E-state index contributed by atoms with van der Waals surface area (Å²) >= 11 is 0. The lowest BCUT2D eigenvalue weighted by molar-refractivity contribution is -0.136. The van der Waals surface area contributed by atoms with Crippen LogP contribution in [-0.4, -0.2) is 11.1 Å². The Morgan fingerprint density at radius 1 is 0.708 bits per heavy atom. The molecule has 0 aromatic heterocycles. The third kappa shape index (κ3) is 28.1. The van der Waals surface area contributed by atoms with Gasteiger partial charge in [0.05, 0.1) is 0 Å². The first-order valence-electron chi connectivity index (χ1n) is 8.76. The van der Waals surface area contributed by atoms with Gasteiger partial charge in [-0.3, -0.25) is 4.79 Å². The van der Waals surface area contributed by atoms with Crippen LogP contribution in [-0.2, 0) is 4.79 Å². The van der Waals surface area contributed by atoms with Gasteiger partial charge in [-0.05, 0) is 38.5 Å². The molecule has 0 atom stereocenters. The molecule has 0 aliphatic rings. The SMILES string of the molecule is C=CC/C=C/C/C=C/C/C=C/C/C=C/C/C=C\CC.CCC(=O)O. The quantitative estimate of drug-likeness (QED) is 0.400. The second-order valence-electron chi connectivity index (χ2n) is 4.98. The highest BCUT2D eigenvalue weighted by Crippen LogP contribution is 1.95. The summed E-state index contributed by atoms with van der Waals surface area (Å²) in [6.45, 7) is 7.43. The zero-order chi connectivity index (χ0) is 18.3. The fraction of sp³-hybridized carbons (Fsp3) is 0.409. The summed E-state index contributed by atoms with van der Waals surface area (Å²) in [6.07, 6.45) is 30.4. The Kier molecular flexibility index (Phi) is 23.3. The summed E-state index contributed by atoms with van der Waals surface area (Å²) in [5.74, 6) is -0.745. The van der Waals surface area contributed by atoms with Gasteiger partial charge in [-0.15, -0.1) is 6.58 Å². The maximum Gasteiger partial charge on any atom is 0.303 e. The van der Waals surface area contributed by atoms with E-state index in [9.17, 15) is 4.79 Å². The predicted octanol–water partition coefficient (Wildman–Crippen LogP) is 6.79. The second-order valence-corrected chi connectivity index (χ2v) is 4.98. The zero-order valence-corrected chi connectivity index (χ0v) is 15.4. The number of allylic oxidation sites excluding steroid dienone is 11. The van der Waals surface area contributed by atoms with E-state index < -0.39 is 5.97 Å². The van der Waals surface area contributed by atoms with Gasteiger partial charge in [0.1, 0.15) is 0 Å². The number of carboxylic acids is 1. The van der Waals surface area contributed by atoms with Crippen LogP contribution in [0.15, 0.2) is 73.4 Å². The van der Waals surface area contributed by atoms with Gasteiger partial charge < -0.3 is 5.11 Å². The highest BCUT2D eigenvalue weighted by Gasteiger charge is 1.81. The Balaban J connectivity index is 0. The number of aliphatic carboxylic acids is 1. The van der Waals surface area contributed by atoms with Crippen molar-refractivity contribution in [3.63, 3.8) is 0 Å². The number of hydrogen-bond donors (Lipinski definition) is 1. The fourth-order valence-electron chi connectivity index (χ4n) is 1.44. The Bertz CT molecular complexity index is 423. The summed E-state index contributed by atoms with van der Waals surface area (Å²) in [6, 6.07) is 0. The van der Waals surface area contributed by atoms with Crippen molar-refractivity contribution in [2.24, 2.45) is 0 Å². The number of carbonyl (C=O) groups is 1. The first-order chi connectivity index (χ1) is 11.7. The van der Waals surface area contributed by atoms with Crippen LogP contribution in [0.25, 0.3) is 0 Å². The van der Waals surface area contributed by atoms with E-state index in [0.717, 1.165) is 38.5 Å². The third-order valence-electron chi connectivity index (χ3n) is 2.76. The minimum atomic E-state index is -0.745. The van der Waals surface area contributed by atoms with E-state index in [0.29, 0.717) is 0 Å². The standard InChI is InChI=1S/C19H28.C3H6O2/c1-3-5-7-9-11-13-15-17-19-18-16-14-12-10-8-6-4-2;1-2-3(4)5/h3,6-9,12-15,18-19H,1,4-5,10-11,16-17H2,2H3;2H2,1H3,(H,4,5)/b8-6-,9-7+,14-12+,15-13+,19-18+;. The molecule has 2 nitrogen and oxygen atoms in total. The van der Waals surface area contributed by atoms with E-state index in [4.69, 9.17) is 5.11 Å². The average Bonchev–Trinajstić information content (AvgIpc) is 2.59. The molecule has 134 valence electrons. The second kappa shape index (κ2) is 23.2. The molecule has 0 aromatic carbocycles. The fourth-order valence-corrected chi connectivity index (χ4v) is 1.44. The van der Waals surface area contributed by atoms with Crippen LogP contribution in [0.4, 0.5) is 0 Å². The average molecular weight is 331 g/mol. The van der Waals surface area contributed by atoms with Crippen molar-refractivity contribution in [3.8, 4) is 0 Å². The molecule has 0 bridgehead atoms. The summed E-state index contributed by atoms with van der Waals surface area (Å²) < 4.78 is 0. The molecule has 0 fully saturated rings. The van der Waals surface area contributed by atoms with Gasteiger partial charge in [0.2, 0.25) is 0 Å². The van der Waals surface area contributed by atoms with Crippen LogP contribution in [0.3, 0.4) is 0 Å². The minimum Gasteiger partial charge on any atom is -0.481 e. The van der Waals surface area contributed by atoms with Crippen LogP contribution < -0.4 is 0 Å². The first kappa shape index (κ1) is 24.2. The predicted molar refractivity (Wildman–Crippen MR) is 107 cm³/mol. The van der Waals surface area contributed by atoms with Gasteiger partial charge in [0.25, 0.3) is 0 Å². The number of rotatable bonds is 12. The van der Waals surface area contributed by atoms with E-state index in [1.807, 2.05) is 6.08 Å².